The minimum Gasteiger partial charge on any atom is -0.346 e. The number of rotatable bonds is 9. The number of nitrogens with one attached hydrogen (secondary N) is 2. The number of amides is 1. The van der Waals surface area contributed by atoms with Crippen LogP contribution in [0, 0.1) is 5.82 Å². The third kappa shape index (κ3) is 4.11. The molecule has 158 valence electrons. The van der Waals surface area contributed by atoms with Crippen LogP contribution in [0.25, 0.3) is 22.3 Å². The van der Waals surface area contributed by atoms with E-state index in [9.17, 15) is 22.0 Å². The van der Waals surface area contributed by atoms with Crippen molar-refractivity contribution in [1.82, 2.24) is 15.0 Å². The highest BCUT2D eigenvalue weighted by Gasteiger charge is 2.31. The van der Waals surface area contributed by atoms with Crippen LogP contribution in [-0.4, -0.2) is 48.2 Å². The van der Waals surface area contributed by atoms with E-state index in [1.165, 1.54) is 17.0 Å². The van der Waals surface area contributed by atoms with Crippen molar-refractivity contribution in [3.8, 4) is 11.3 Å². The summed E-state index contributed by atoms with van der Waals surface area (Å²) in [5.41, 5.74) is 1.08. The van der Waals surface area contributed by atoms with E-state index in [0.29, 0.717) is 28.7 Å². The van der Waals surface area contributed by atoms with Gasteiger partial charge in [0.15, 0.2) is 0 Å². The van der Waals surface area contributed by atoms with Gasteiger partial charge < -0.3 is 4.98 Å². The number of fused-ring (bicyclic) bond motifs is 1. The van der Waals surface area contributed by atoms with Crippen LogP contribution in [0.5, 0.6) is 0 Å². The van der Waals surface area contributed by atoms with E-state index in [4.69, 9.17) is 0 Å². The monoisotopic (exact) mass is 435 g/mol. The number of sulfonamides is 1. The van der Waals surface area contributed by atoms with E-state index >= 15 is 0 Å². The van der Waals surface area contributed by atoms with Gasteiger partial charge in [0.1, 0.15) is 11.5 Å². The molecule has 1 aliphatic rings. The van der Waals surface area contributed by atoms with Crippen LogP contribution >= 0.6 is 0 Å². The van der Waals surface area contributed by atoms with Crippen LogP contribution < -0.4 is 9.62 Å². The number of H-pyrrole nitrogens is 1. The molecule has 8 nitrogen and oxygen atoms in total. The molecule has 2 heterocycles. The first-order valence-corrected chi connectivity index (χ1v) is 11.0. The summed E-state index contributed by atoms with van der Waals surface area (Å²) in [4.78, 5) is 24.8. The molecule has 1 saturated carbocycles. The normalized spacial score (nSPS) is 14.1. The van der Waals surface area contributed by atoms with Gasteiger partial charge in [-0.15, -0.1) is 0 Å². The molecule has 11 heteroatoms. The maximum Gasteiger partial charge on any atom is 0.234 e. The number of hydrogen-bond donors (Lipinski definition) is 2. The zero-order valence-electron chi connectivity index (χ0n) is 15.8. The van der Waals surface area contributed by atoms with E-state index < -0.39 is 28.3 Å². The van der Waals surface area contributed by atoms with E-state index in [-0.39, 0.29) is 24.1 Å². The first-order valence-electron chi connectivity index (χ1n) is 9.37. The van der Waals surface area contributed by atoms with Crippen molar-refractivity contribution in [3.05, 3.63) is 36.3 Å². The summed E-state index contributed by atoms with van der Waals surface area (Å²) in [7, 11) is -3.85. The zero-order valence-corrected chi connectivity index (χ0v) is 16.6. The van der Waals surface area contributed by atoms with E-state index in [1.807, 2.05) is 0 Å². The van der Waals surface area contributed by atoms with Crippen molar-refractivity contribution in [2.24, 2.45) is 0 Å². The highest BCUT2D eigenvalue weighted by atomic mass is 32.2. The summed E-state index contributed by atoms with van der Waals surface area (Å²) in [6.45, 7) is -0.774. The van der Waals surface area contributed by atoms with Crippen LogP contribution in [0.2, 0.25) is 0 Å². The van der Waals surface area contributed by atoms with Crippen LogP contribution in [0.4, 0.5) is 20.4 Å². The van der Waals surface area contributed by atoms with Crippen LogP contribution in [0.15, 0.2) is 30.5 Å². The molecule has 1 amide bonds. The van der Waals surface area contributed by atoms with Crippen LogP contribution in [0.3, 0.4) is 0 Å². The molecule has 1 fully saturated rings. The smallest absolute Gasteiger partial charge is 0.234 e. The van der Waals surface area contributed by atoms with Crippen molar-refractivity contribution in [2.75, 3.05) is 22.0 Å². The van der Waals surface area contributed by atoms with Gasteiger partial charge in [0, 0.05) is 23.2 Å². The summed E-state index contributed by atoms with van der Waals surface area (Å²) in [6, 6.07) is 5.77. The quantitative estimate of drug-likeness (QED) is 0.503. The standard InChI is InChI=1S/C19H19F2N5O3S/c20-7-1-9-30(28,29)25-16-5-2-12(10-15(16)21)17-14-6-8-22-18(14)24-19(23-17)26(11-27)13-3-4-13/h2,5-6,8,10-11,13,25H,1,3-4,7,9H2,(H,22,23,24). The zero-order chi connectivity index (χ0) is 21.3. The van der Waals surface area contributed by atoms with Crippen molar-refractivity contribution in [1.29, 1.82) is 0 Å². The molecule has 1 aliphatic carbocycles. The molecule has 0 aliphatic heterocycles. The summed E-state index contributed by atoms with van der Waals surface area (Å²) in [6.07, 6.45) is 3.91. The molecular formula is C19H19F2N5O3S. The number of aromatic nitrogens is 3. The van der Waals surface area contributed by atoms with Gasteiger partial charge in [0.05, 0.1) is 23.8 Å². The first kappa shape index (κ1) is 20.2. The van der Waals surface area contributed by atoms with Crippen molar-refractivity contribution in [2.45, 2.75) is 25.3 Å². The van der Waals surface area contributed by atoms with Crippen molar-refractivity contribution in [3.63, 3.8) is 0 Å². The Morgan fingerprint density at radius 3 is 2.73 bits per heavy atom. The topological polar surface area (TPSA) is 108 Å². The minimum absolute atomic E-state index is 0.0561. The van der Waals surface area contributed by atoms with E-state index in [2.05, 4.69) is 19.7 Å². The third-order valence-corrected chi connectivity index (χ3v) is 6.10. The summed E-state index contributed by atoms with van der Waals surface area (Å²) in [5, 5.41) is 0.635. The van der Waals surface area contributed by atoms with Gasteiger partial charge in [-0.05, 0) is 37.5 Å². The number of aromatic amines is 1. The average molecular weight is 435 g/mol. The molecule has 0 saturated heterocycles. The Kier molecular flexibility index (Phi) is 5.37. The highest BCUT2D eigenvalue weighted by molar-refractivity contribution is 7.92. The fourth-order valence-electron chi connectivity index (χ4n) is 3.12. The highest BCUT2D eigenvalue weighted by Crippen LogP contribution is 2.33. The van der Waals surface area contributed by atoms with Gasteiger partial charge in [0.25, 0.3) is 0 Å². The molecule has 2 N–H and O–H groups in total. The lowest BCUT2D eigenvalue weighted by molar-refractivity contribution is -0.107. The van der Waals surface area contributed by atoms with Crippen molar-refractivity contribution >= 4 is 39.1 Å². The Hall–Kier alpha value is -3.08. The molecule has 0 bridgehead atoms. The van der Waals surface area contributed by atoms with Gasteiger partial charge in [-0.25, -0.2) is 17.8 Å². The first-order chi connectivity index (χ1) is 14.4. The summed E-state index contributed by atoms with van der Waals surface area (Å²) >= 11 is 0. The SMILES string of the molecule is O=CN(c1nc(-c2ccc(NS(=O)(=O)CCCF)c(F)c2)c2cc[nH]c2n1)C1CC1. The minimum atomic E-state index is -3.85. The number of alkyl halides is 1. The fraction of sp³-hybridized carbons (Fsp3) is 0.316. The van der Waals surface area contributed by atoms with Crippen LogP contribution in [-0.2, 0) is 14.8 Å². The number of halogens is 2. The Morgan fingerprint density at radius 1 is 1.27 bits per heavy atom. The molecule has 0 radical (unpaired) electrons. The largest absolute Gasteiger partial charge is 0.346 e. The number of benzene rings is 1. The number of anilines is 2. The lowest BCUT2D eigenvalue weighted by Gasteiger charge is -2.16. The summed E-state index contributed by atoms with van der Waals surface area (Å²) < 4.78 is 52.9. The molecular weight excluding hydrogens is 416 g/mol. The third-order valence-electron chi connectivity index (χ3n) is 4.74. The maximum atomic E-state index is 14.7. The Labute approximate surface area is 171 Å². The van der Waals surface area contributed by atoms with Gasteiger partial charge in [-0.1, -0.05) is 6.07 Å². The predicted octanol–water partition coefficient (Wildman–Crippen LogP) is 2.99. The second-order valence-corrected chi connectivity index (χ2v) is 8.86. The van der Waals surface area contributed by atoms with Gasteiger partial charge in [-0.2, -0.15) is 4.98 Å². The Morgan fingerprint density at radius 2 is 2.07 bits per heavy atom. The average Bonchev–Trinajstić information content (AvgIpc) is 3.43. The molecule has 1 aromatic carbocycles. The van der Waals surface area contributed by atoms with Crippen molar-refractivity contribution < 1.29 is 22.0 Å². The van der Waals surface area contributed by atoms with Gasteiger partial charge >= 0.3 is 0 Å². The molecule has 2 aromatic heterocycles. The predicted molar refractivity (Wildman–Crippen MR) is 109 cm³/mol. The molecule has 0 atom stereocenters. The summed E-state index contributed by atoms with van der Waals surface area (Å²) in [5.74, 6) is -1.02. The molecule has 30 heavy (non-hydrogen) atoms. The second-order valence-electron chi connectivity index (χ2n) is 7.01. The molecule has 4 rings (SSSR count). The molecule has 0 unspecified atom stereocenters. The van der Waals surface area contributed by atoms with Gasteiger partial charge in [-0.3, -0.25) is 18.8 Å². The number of nitrogens with zero attached hydrogens (tertiary/aromatic N) is 3. The molecule has 0 spiro atoms. The van der Waals surface area contributed by atoms with E-state index in [1.54, 1.807) is 12.3 Å². The molecule has 3 aromatic rings. The van der Waals surface area contributed by atoms with Crippen LogP contribution in [0.1, 0.15) is 19.3 Å². The lowest BCUT2D eigenvalue weighted by Crippen LogP contribution is -2.25. The van der Waals surface area contributed by atoms with Gasteiger partial charge in [0.2, 0.25) is 22.4 Å². The number of hydrogen-bond acceptors (Lipinski definition) is 5. The Bertz CT molecular complexity index is 1190. The number of carbonyl (C=O) groups is 1. The van der Waals surface area contributed by atoms with E-state index in [0.717, 1.165) is 18.9 Å². The lowest BCUT2D eigenvalue weighted by atomic mass is 10.1. The maximum absolute atomic E-state index is 14.7. The Balaban J connectivity index is 1.71. The fourth-order valence-corrected chi connectivity index (χ4v) is 4.21. The second kappa shape index (κ2) is 7.98. The number of carbonyl (C=O) groups excluding carboxylic acids is 1.